The van der Waals surface area contributed by atoms with Gasteiger partial charge in [-0.2, -0.15) is 10.2 Å². The van der Waals surface area contributed by atoms with Gasteiger partial charge in [0.25, 0.3) is 5.56 Å². The maximum atomic E-state index is 11.2. The number of H-pyrrole nitrogens is 1. The number of hydrogen-bond acceptors (Lipinski definition) is 6. The van der Waals surface area contributed by atoms with E-state index >= 15 is 0 Å². The average molecular weight is 325 g/mol. The molecule has 0 atom stereocenters. The number of hydrogen-bond donors (Lipinski definition) is 1. The molecule has 0 saturated carbocycles. The van der Waals surface area contributed by atoms with Crippen LogP contribution >= 0.6 is 0 Å². The number of aromatic nitrogens is 5. The van der Waals surface area contributed by atoms with Crippen molar-refractivity contribution in [3.05, 3.63) is 46.6 Å². The highest BCUT2D eigenvalue weighted by atomic mass is 16.1. The normalized spacial score (nSPS) is 15.7. The number of nitrogens with one attached hydrogen (secondary N) is 1. The van der Waals surface area contributed by atoms with Crippen LogP contribution in [0.5, 0.6) is 0 Å². The fourth-order valence-electron chi connectivity index (χ4n) is 3.15. The van der Waals surface area contributed by atoms with Gasteiger partial charge >= 0.3 is 0 Å². The van der Waals surface area contributed by atoms with Crippen LogP contribution in [0, 0.1) is 6.92 Å². The summed E-state index contributed by atoms with van der Waals surface area (Å²) in [7, 11) is 0. The van der Waals surface area contributed by atoms with Crippen molar-refractivity contribution in [2.45, 2.75) is 13.3 Å². The molecule has 0 spiro atoms. The minimum absolute atomic E-state index is 0.179. The van der Waals surface area contributed by atoms with Crippen LogP contribution in [-0.2, 0) is 0 Å². The Kier molecular flexibility index (Phi) is 3.64. The number of anilines is 2. The third-order valence-corrected chi connectivity index (χ3v) is 4.28. The van der Waals surface area contributed by atoms with E-state index in [-0.39, 0.29) is 5.56 Å². The van der Waals surface area contributed by atoms with Gasteiger partial charge in [0.05, 0.1) is 5.69 Å². The van der Waals surface area contributed by atoms with Crippen molar-refractivity contribution < 1.29 is 0 Å². The Morgan fingerprint density at radius 2 is 1.96 bits per heavy atom. The van der Waals surface area contributed by atoms with Crippen molar-refractivity contribution in [1.29, 1.82) is 0 Å². The van der Waals surface area contributed by atoms with Gasteiger partial charge < -0.3 is 9.80 Å². The first-order chi connectivity index (χ1) is 11.7. The quantitative estimate of drug-likeness (QED) is 0.752. The van der Waals surface area contributed by atoms with E-state index in [0.29, 0.717) is 0 Å². The molecule has 0 unspecified atom stereocenters. The van der Waals surface area contributed by atoms with E-state index < -0.39 is 0 Å². The highest BCUT2D eigenvalue weighted by Crippen LogP contribution is 2.21. The Morgan fingerprint density at radius 1 is 1.12 bits per heavy atom. The van der Waals surface area contributed by atoms with Crippen LogP contribution in [0.3, 0.4) is 0 Å². The third-order valence-electron chi connectivity index (χ3n) is 4.28. The van der Waals surface area contributed by atoms with Crippen molar-refractivity contribution >= 4 is 17.2 Å². The lowest BCUT2D eigenvalue weighted by atomic mass is 10.3. The maximum Gasteiger partial charge on any atom is 0.264 e. The van der Waals surface area contributed by atoms with E-state index in [1.54, 1.807) is 12.3 Å². The molecule has 8 heteroatoms. The lowest BCUT2D eigenvalue weighted by molar-refractivity contribution is 0.782. The van der Waals surface area contributed by atoms with Crippen molar-refractivity contribution in [2.24, 2.45) is 0 Å². The van der Waals surface area contributed by atoms with Gasteiger partial charge in [-0.1, -0.05) is 0 Å². The van der Waals surface area contributed by atoms with Crippen LogP contribution in [0.2, 0.25) is 0 Å². The van der Waals surface area contributed by atoms with Gasteiger partial charge in [0.2, 0.25) is 0 Å². The number of aromatic amines is 1. The van der Waals surface area contributed by atoms with Crippen molar-refractivity contribution in [1.82, 2.24) is 24.8 Å². The van der Waals surface area contributed by atoms with Crippen LogP contribution in [0.1, 0.15) is 12.1 Å². The zero-order valence-corrected chi connectivity index (χ0v) is 13.5. The third kappa shape index (κ3) is 2.70. The molecule has 3 aromatic heterocycles. The Balaban J connectivity index is 1.58. The van der Waals surface area contributed by atoms with Crippen LogP contribution in [0.4, 0.5) is 11.6 Å². The van der Waals surface area contributed by atoms with Gasteiger partial charge in [0.15, 0.2) is 5.82 Å². The molecule has 1 aliphatic heterocycles. The lowest BCUT2D eigenvalue weighted by Gasteiger charge is -2.23. The standard InChI is InChI=1S/C16H19N7O/c1-12-11-13-16(17-5-8-23(13)20-12)22-7-2-6-21(9-10-22)14-3-4-15(24)19-18-14/h3-5,8,11H,2,6-7,9-10H2,1H3,(H,19,24). The Hall–Kier alpha value is -2.90. The van der Waals surface area contributed by atoms with Gasteiger partial charge in [-0.05, 0) is 25.5 Å². The Bertz CT molecular complexity index is 896. The molecule has 0 aliphatic carbocycles. The van der Waals surface area contributed by atoms with Gasteiger partial charge in [-0.25, -0.2) is 14.6 Å². The summed E-state index contributed by atoms with van der Waals surface area (Å²) in [6.07, 6.45) is 4.66. The summed E-state index contributed by atoms with van der Waals surface area (Å²) in [5.41, 5.74) is 1.84. The number of fused-ring (bicyclic) bond motifs is 1. The Labute approximate surface area is 138 Å². The number of rotatable bonds is 2. The van der Waals surface area contributed by atoms with Crippen molar-refractivity contribution in [3.8, 4) is 0 Å². The first kappa shape index (κ1) is 14.7. The summed E-state index contributed by atoms with van der Waals surface area (Å²) in [4.78, 5) is 20.2. The smallest absolute Gasteiger partial charge is 0.264 e. The van der Waals surface area contributed by atoms with Crippen LogP contribution < -0.4 is 15.4 Å². The van der Waals surface area contributed by atoms with E-state index in [9.17, 15) is 4.79 Å². The molecule has 1 N–H and O–H groups in total. The van der Waals surface area contributed by atoms with Gasteiger partial charge in [-0.15, -0.1) is 0 Å². The minimum atomic E-state index is -0.179. The summed E-state index contributed by atoms with van der Waals surface area (Å²) >= 11 is 0. The molecule has 1 fully saturated rings. The van der Waals surface area contributed by atoms with Crippen LogP contribution in [0.25, 0.3) is 5.52 Å². The summed E-state index contributed by atoms with van der Waals surface area (Å²) in [5, 5.41) is 11.1. The van der Waals surface area contributed by atoms with E-state index in [0.717, 1.165) is 55.4 Å². The Morgan fingerprint density at radius 3 is 2.79 bits per heavy atom. The molecule has 8 nitrogen and oxygen atoms in total. The van der Waals surface area contributed by atoms with Gasteiger partial charge in [0, 0.05) is 44.6 Å². The summed E-state index contributed by atoms with van der Waals surface area (Å²) < 4.78 is 1.88. The predicted molar refractivity (Wildman–Crippen MR) is 91.6 cm³/mol. The molecular formula is C16H19N7O. The zero-order chi connectivity index (χ0) is 16.5. The van der Waals surface area contributed by atoms with Gasteiger partial charge in [-0.3, -0.25) is 4.79 Å². The predicted octanol–water partition coefficient (Wildman–Crippen LogP) is 0.838. The summed E-state index contributed by atoms with van der Waals surface area (Å²) in [5.74, 6) is 1.78. The molecule has 24 heavy (non-hydrogen) atoms. The number of nitrogens with zero attached hydrogens (tertiary/aromatic N) is 6. The fraction of sp³-hybridized carbons (Fsp3) is 0.375. The molecule has 0 amide bonds. The number of aryl methyl sites for hydroxylation is 1. The molecule has 0 bridgehead atoms. The second-order valence-corrected chi connectivity index (χ2v) is 5.97. The van der Waals surface area contributed by atoms with Crippen molar-refractivity contribution in [2.75, 3.05) is 36.0 Å². The molecule has 0 aromatic carbocycles. The minimum Gasteiger partial charge on any atom is -0.353 e. The summed E-state index contributed by atoms with van der Waals surface area (Å²) in [6, 6.07) is 5.35. The highest BCUT2D eigenvalue weighted by Gasteiger charge is 2.19. The average Bonchev–Trinajstić information content (AvgIpc) is 2.80. The lowest BCUT2D eigenvalue weighted by Crippen LogP contribution is -2.32. The second-order valence-electron chi connectivity index (χ2n) is 5.97. The summed E-state index contributed by atoms with van der Waals surface area (Å²) in [6.45, 7) is 5.49. The largest absolute Gasteiger partial charge is 0.353 e. The van der Waals surface area contributed by atoms with Crippen LogP contribution in [-0.4, -0.2) is 51.0 Å². The monoisotopic (exact) mass is 325 g/mol. The first-order valence-corrected chi connectivity index (χ1v) is 8.07. The molecule has 1 aliphatic rings. The van der Waals surface area contributed by atoms with Gasteiger partial charge in [0.1, 0.15) is 11.3 Å². The molecule has 4 heterocycles. The molecule has 4 rings (SSSR count). The van der Waals surface area contributed by atoms with E-state index in [1.807, 2.05) is 17.6 Å². The van der Waals surface area contributed by atoms with E-state index in [4.69, 9.17) is 0 Å². The molecule has 0 radical (unpaired) electrons. The molecule has 1 saturated heterocycles. The van der Waals surface area contributed by atoms with Crippen molar-refractivity contribution in [3.63, 3.8) is 0 Å². The maximum absolute atomic E-state index is 11.2. The highest BCUT2D eigenvalue weighted by molar-refractivity contribution is 5.69. The first-order valence-electron chi connectivity index (χ1n) is 8.07. The molecular weight excluding hydrogens is 306 g/mol. The zero-order valence-electron chi connectivity index (χ0n) is 13.5. The molecule has 3 aromatic rings. The fourth-order valence-corrected chi connectivity index (χ4v) is 3.15. The molecule has 124 valence electrons. The second kappa shape index (κ2) is 5.95. The van der Waals surface area contributed by atoms with Crippen LogP contribution in [0.15, 0.2) is 35.4 Å². The van der Waals surface area contributed by atoms with E-state index in [2.05, 4.69) is 36.1 Å². The van der Waals surface area contributed by atoms with E-state index in [1.165, 1.54) is 6.07 Å². The SMILES string of the molecule is Cc1cc2c(N3CCCN(c4ccc(=O)[nH]n4)CC3)nccn2n1. The topological polar surface area (TPSA) is 82.4 Å².